The summed E-state index contributed by atoms with van der Waals surface area (Å²) in [5.41, 5.74) is 2.29. The van der Waals surface area contributed by atoms with Crippen LogP contribution in [0.5, 0.6) is 5.75 Å². The Kier molecular flexibility index (Phi) is 3.48. The van der Waals surface area contributed by atoms with Crippen molar-refractivity contribution in [3.63, 3.8) is 0 Å². The highest BCUT2D eigenvalue weighted by Gasteiger charge is 2.14. The first kappa shape index (κ1) is 13.0. The maximum atomic E-state index is 11.9. The number of carboxylic acid groups (broad SMARTS) is 1. The van der Waals surface area contributed by atoms with E-state index < -0.39 is 11.7 Å². The van der Waals surface area contributed by atoms with Crippen LogP contribution in [0.4, 0.5) is 5.69 Å². The summed E-state index contributed by atoms with van der Waals surface area (Å²) >= 11 is 1.21. The fourth-order valence-electron chi connectivity index (χ4n) is 1.50. The number of hydrogen-bond donors (Lipinski definition) is 3. The zero-order chi connectivity index (χ0) is 14.0. The van der Waals surface area contributed by atoms with Gasteiger partial charge in [0.25, 0.3) is 5.91 Å². The van der Waals surface area contributed by atoms with Gasteiger partial charge in [0.15, 0.2) is 0 Å². The van der Waals surface area contributed by atoms with Crippen LogP contribution >= 0.6 is 11.3 Å². The molecule has 0 saturated carbocycles. The van der Waals surface area contributed by atoms with E-state index in [0.29, 0.717) is 16.3 Å². The number of phenols is 1. The van der Waals surface area contributed by atoms with Gasteiger partial charge in [0, 0.05) is 11.8 Å². The van der Waals surface area contributed by atoms with Crippen molar-refractivity contribution in [2.45, 2.75) is 6.92 Å². The lowest BCUT2D eigenvalue weighted by Crippen LogP contribution is -2.11. The normalized spacial score (nSPS) is 10.2. The van der Waals surface area contributed by atoms with Gasteiger partial charge in [-0.3, -0.25) is 4.79 Å². The summed E-state index contributed by atoms with van der Waals surface area (Å²) in [4.78, 5) is 27.1. The number of aryl methyl sites for hydroxylation is 1. The van der Waals surface area contributed by atoms with Crippen molar-refractivity contribution in [2.75, 3.05) is 5.32 Å². The van der Waals surface area contributed by atoms with Crippen LogP contribution in [-0.4, -0.2) is 27.1 Å². The van der Waals surface area contributed by atoms with Gasteiger partial charge in [-0.05, 0) is 19.1 Å². The largest absolute Gasteiger partial charge is 0.507 e. The van der Waals surface area contributed by atoms with Crippen LogP contribution in [0.15, 0.2) is 23.7 Å². The molecule has 0 aliphatic rings. The molecule has 2 rings (SSSR count). The van der Waals surface area contributed by atoms with E-state index in [4.69, 9.17) is 5.11 Å². The molecule has 0 radical (unpaired) electrons. The predicted octanol–water partition coefficient (Wildman–Crippen LogP) is 2.11. The molecular formula is C12H10N2O4S. The number of amides is 1. The molecule has 19 heavy (non-hydrogen) atoms. The third kappa shape index (κ3) is 2.71. The van der Waals surface area contributed by atoms with Crippen LogP contribution in [0.2, 0.25) is 0 Å². The van der Waals surface area contributed by atoms with Crippen molar-refractivity contribution in [3.8, 4) is 5.75 Å². The Morgan fingerprint density at radius 2 is 2.11 bits per heavy atom. The molecule has 0 spiro atoms. The van der Waals surface area contributed by atoms with Crippen molar-refractivity contribution in [1.29, 1.82) is 0 Å². The number of nitrogens with zero attached hydrogens (tertiary/aromatic N) is 1. The second kappa shape index (κ2) is 5.07. The number of carbonyl (C=O) groups excluding carboxylic acids is 1. The number of thiazole rings is 1. The van der Waals surface area contributed by atoms with Crippen molar-refractivity contribution < 1.29 is 19.8 Å². The summed E-state index contributed by atoms with van der Waals surface area (Å²) in [5, 5.41) is 20.9. The molecule has 0 aliphatic heterocycles. The molecule has 0 unspecified atom stereocenters. The zero-order valence-corrected chi connectivity index (χ0v) is 10.7. The molecule has 6 nitrogen and oxygen atoms in total. The van der Waals surface area contributed by atoms with Crippen molar-refractivity contribution in [2.24, 2.45) is 0 Å². The monoisotopic (exact) mass is 278 g/mol. The maximum Gasteiger partial charge on any atom is 0.339 e. The van der Waals surface area contributed by atoms with Gasteiger partial charge in [-0.25, -0.2) is 9.78 Å². The average Bonchev–Trinajstić information content (AvgIpc) is 2.75. The van der Waals surface area contributed by atoms with Gasteiger partial charge in [-0.1, -0.05) is 0 Å². The third-order valence-corrected chi connectivity index (χ3v) is 3.37. The second-order valence-electron chi connectivity index (χ2n) is 3.76. The van der Waals surface area contributed by atoms with Crippen LogP contribution in [-0.2, 0) is 0 Å². The second-order valence-corrected chi connectivity index (χ2v) is 4.61. The van der Waals surface area contributed by atoms with E-state index in [0.717, 1.165) is 0 Å². The highest BCUT2D eigenvalue weighted by atomic mass is 32.1. The molecule has 3 N–H and O–H groups in total. The van der Waals surface area contributed by atoms with Crippen LogP contribution < -0.4 is 5.32 Å². The molecule has 1 amide bonds. The Hall–Kier alpha value is -2.41. The minimum atomic E-state index is -1.23. The number of anilines is 1. The van der Waals surface area contributed by atoms with E-state index in [1.807, 2.05) is 0 Å². The van der Waals surface area contributed by atoms with Gasteiger partial charge in [-0.2, -0.15) is 0 Å². The zero-order valence-electron chi connectivity index (χ0n) is 9.88. The van der Waals surface area contributed by atoms with Gasteiger partial charge in [-0.15, -0.1) is 11.3 Å². The number of carbonyl (C=O) groups is 2. The van der Waals surface area contributed by atoms with Gasteiger partial charge in [0.05, 0.1) is 11.2 Å². The minimum Gasteiger partial charge on any atom is -0.507 e. The molecule has 0 atom stereocenters. The molecule has 7 heteroatoms. The van der Waals surface area contributed by atoms with E-state index in [2.05, 4.69) is 10.3 Å². The first-order chi connectivity index (χ1) is 8.99. The molecule has 1 heterocycles. The van der Waals surface area contributed by atoms with Crippen LogP contribution in [0.1, 0.15) is 25.7 Å². The topological polar surface area (TPSA) is 99.5 Å². The fraction of sp³-hybridized carbons (Fsp3) is 0.0833. The first-order valence-electron chi connectivity index (χ1n) is 5.27. The molecule has 1 aromatic heterocycles. The van der Waals surface area contributed by atoms with E-state index in [-0.39, 0.29) is 11.5 Å². The lowest BCUT2D eigenvalue weighted by atomic mass is 10.2. The SMILES string of the molecule is Cc1ncsc1C(=O)Nc1ccc(C(=O)O)c(O)c1. The Morgan fingerprint density at radius 3 is 2.63 bits per heavy atom. The average molecular weight is 278 g/mol. The lowest BCUT2D eigenvalue weighted by molar-refractivity contribution is 0.0693. The predicted molar refractivity (Wildman–Crippen MR) is 69.9 cm³/mol. The standard InChI is InChI=1S/C12H10N2O4S/c1-6-10(19-5-13-6)11(16)14-7-2-3-8(12(17)18)9(15)4-7/h2-5,15H,1H3,(H,14,16)(H,17,18). The fourth-order valence-corrected chi connectivity index (χ4v) is 2.20. The number of aromatic hydroxyl groups is 1. The number of benzene rings is 1. The van der Waals surface area contributed by atoms with Crippen LogP contribution in [0, 0.1) is 6.92 Å². The van der Waals surface area contributed by atoms with Crippen molar-refractivity contribution in [3.05, 3.63) is 39.8 Å². The van der Waals surface area contributed by atoms with Crippen LogP contribution in [0.3, 0.4) is 0 Å². The molecule has 2 aromatic rings. The number of aromatic carboxylic acids is 1. The summed E-state index contributed by atoms with van der Waals surface area (Å²) in [6.45, 7) is 1.72. The third-order valence-electron chi connectivity index (χ3n) is 2.44. The first-order valence-corrected chi connectivity index (χ1v) is 6.14. The number of aromatic nitrogens is 1. The Balaban J connectivity index is 2.21. The maximum absolute atomic E-state index is 11.9. The molecule has 0 bridgehead atoms. The molecule has 98 valence electrons. The minimum absolute atomic E-state index is 0.216. The van der Waals surface area contributed by atoms with E-state index in [1.165, 1.54) is 29.5 Å². The Labute approximate surface area is 112 Å². The Morgan fingerprint density at radius 1 is 1.37 bits per heavy atom. The number of carboxylic acids is 1. The summed E-state index contributed by atoms with van der Waals surface area (Å²) in [6, 6.07) is 3.84. The molecule has 0 fully saturated rings. The number of rotatable bonds is 3. The van der Waals surface area contributed by atoms with Gasteiger partial charge >= 0.3 is 5.97 Å². The number of hydrogen-bond acceptors (Lipinski definition) is 5. The molecular weight excluding hydrogens is 268 g/mol. The smallest absolute Gasteiger partial charge is 0.339 e. The highest BCUT2D eigenvalue weighted by molar-refractivity contribution is 7.12. The summed E-state index contributed by atoms with van der Waals surface area (Å²) in [5.74, 6) is -1.97. The van der Waals surface area contributed by atoms with Gasteiger partial charge in [0.2, 0.25) is 0 Å². The summed E-state index contributed by atoms with van der Waals surface area (Å²) < 4.78 is 0. The molecule has 0 saturated heterocycles. The molecule has 1 aromatic carbocycles. The molecule has 0 aliphatic carbocycles. The van der Waals surface area contributed by atoms with Gasteiger partial charge < -0.3 is 15.5 Å². The van der Waals surface area contributed by atoms with E-state index in [9.17, 15) is 14.7 Å². The lowest BCUT2D eigenvalue weighted by Gasteiger charge is -2.06. The van der Waals surface area contributed by atoms with Crippen molar-refractivity contribution >= 4 is 28.9 Å². The quantitative estimate of drug-likeness (QED) is 0.798. The van der Waals surface area contributed by atoms with E-state index >= 15 is 0 Å². The van der Waals surface area contributed by atoms with E-state index in [1.54, 1.807) is 12.4 Å². The van der Waals surface area contributed by atoms with Gasteiger partial charge in [0.1, 0.15) is 16.2 Å². The summed E-state index contributed by atoms with van der Waals surface area (Å²) in [6.07, 6.45) is 0. The Bertz CT molecular complexity index is 651. The van der Waals surface area contributed by atoms with Crippen LogP contribution in [0.25, 0.3) is 0 Å². The number of nitrogens with one attached hydrogen (secondary N) is 1. The summed E-state index contributed by atoms with van der Waals surface area (Å²) in [7, 11) is 0. The van der Waals surface area contributed by atoms with Crippen molar-refractivity contribution in [1.82, 2.24) is 4.98 Å². The highest BCUT2D eigenvalue weighted by Crippen LogP contribution is 2.23.